The Hall–Kier alpha value is -3.80. The fourth-order valence-electron chi connectivity index (χ4n) is 3.56. The van der Waals surface area contributed by atoms with Crippen molar-refractivity contribution in [2.45, 2.75) is 6.17 Å². The molecule has 2 aromatic carbocycles. The minimum atomic E-state index is -0.421. The lowest BCUT2D eigenvalue weighted by Crippen LogP contribution is -2.43. The molecular weight excluding hydrogens is 352 g/mol. The van der Waals surface area contributed by atoms with Gasteiger partial charge in [-0.1, -0.05) is 18.2 Å². The number of aromatic nitrogens is 2. The molecule has 138 valence electrons. The molecule has 0 fully saturated rings. The molecule has 1 atom stereocenters. The molecule has 28 heavy (non-hydrogen) atoms. The van der Waals surface area contributed by atoms with Gasteiger partial charge in [-0.3, -0.25) is 9.69 Å². The van der Waals surface area contributed by atoms with E-state index in [-0.39, 0.29) is 5.91 Å². The molecule has 0 aliphatic carbocycles. The normalized spacial score (nSPS) is 16.0. The van der Waals surface area contributed by atoms with Crippen molar-refractivity contribution in [3.05, 3.63) is 90.4 Å². The Bertz CT molecular complexity index is 1130. The zero-order valence-electron chi connectivity index (χ0n) is 15.2. The molecule has 6 heteroatoms. The maximum absolute atomic E-state index is 13.4. The number of benzene rings is 2. The minimum absolute atomic E-state index is 0.0680. The van der Waals surface area contributed by atoms with E-state index >= 15 is 0 Å². The summed E-state index contributed by atoms with van der Waals surface area (Å²) in [5, 5.41) is 3.48. The molecule has 0 bridgehead atoms. The van der Waals surface area contributed by atoms with Gasteiger partial charge in [0, 0.05) is 23.8 Å². The van der Waals surface area contributed by atoms with Crippen LogP contribution in [0.1, 0.15) is 22.2 Å². The number of hydrogen-bond donors (Lipinski definition) is 1. The van der Waals surface area contributed by atoms with Gasteiger partial charge in [0.25, 0.3) is 5.91 Å². The molecule has 1 aliphatic rings. The first-order valence-corrected chi connectivity index (χ1v) is 9.01. The monoisotopic (exact) mass is 370 g/mol. The third-order valence-electron chi connectivity index (χ3n) is 4.94. The smallest absolute Gasteiger partial charge is 0.262 e. The number of carbonyl (C=O) groups is 1. The second-order valence-electron chi connectivity index (χ2n) is 6.60. The molecule has 2 aromatic heterocycles. The van der Waals surface area contributed by atoms with Gasteiger partial charge < -0.3 is 14.5 Å². The molecule has 1 aliphatic heterocycles. The summed E-state index contributed by atoms with van der Waals surface area (Å²) in [6.45, 7) is 0. The Labute approximate surface area is 162 Å². The van der Waals surface area contributed by atoms with Crippen LogP contribution in [0, 0.1) is 0 Å². The lowest BCUT2D eigenvalue weighted by atomic mass is 10.1. The van der Waals surface area contributed by atoms with Gasteiger partial charge in [0.2, 0.25) is 0 Å². The van der Waals surface area contributed by atoms with Crippen molar-refractivity contribution in [1.82, 2.24) is 9.38 Å². The van der Waals surface area contributed by atoms with Crippen LogP contribution < -0.4 is 15.0 Å². The Kier molecular flexibility index (Phi) is 3.76. The topological polar surface area (TPSA) is 58.9 Å². The number of ether oxygens (including phenoxy) is 1. The van der Waals surface area contributed by atoms with E-state index in [0.717, 1.165) is 28.5 Å². The van der Waals surface area contributed by atoms with Gasteiger partial charge >= 0.3 is 0 Å². The molecule has 0 radical (unpaired) electrons. The summed E-state index contributed by atoms with van der Waals surface area (Å²) in [6.07, 6.45) is 3.48. The fraction of sp³-hybridized carbons (Fsp3) is 0.0909. The highest BCUT2D eigenvalue weighted by atomic mass is 16.5. The largest absolute Gasteiger partial charge is 0.497 e. The molecule has 0 unspecified atom stereocenters. The number of pyridine rings is 1. The summed E-state index contributed by atoms with van der Waals surface area (Å²) < 4.78 is 7.21. The van der Waals surface area contributed by atoms with Crippen LogP contribution >= 0.6 is 0 Å². The van der Waals surface area contributed by atoms with Crippen molar-refractivity contribution >= 4 is 22.9 Å². The van der Waals surface area contributed by atoms with E-state index in [9.17, 15) is 4.79 Å². The van der Waals surface area contributed by atoms with Crippen molar-refractivity contribution in [1.29, 1.82) is 0 Å². The number of amides is 1. The number of fused-ring (bicyclic) bond motifs is 2. The number of hydrogen-bond acceptors (Lipinski definition) is 4. The third-order valence-corrected chi connectivity index (χ3v) is 4.94. The summed E-state index contributed by atoms with van der Waals surface area (Å²) in [6, 6.07) is 20.9. The molecule has 1 amide bonds. The quantitative estimate of drug-likeness (QED) is 0.589. The Morgan fingerprint density at radius 3 is 2.57 bits per heavy atom. The second-order valence-corrected chi connectivity index (χ2v) is 6.60. The first-order chi connectivity index (χ1) is 13.7. The van der Waals surface area contributed by atoms with Crippen LogP contribution in [0.15, 0.2) is 79.1 Å². The first-order valence-electron chi connectivity index (χ1n) is 9.01. The summed E-state index contributed by atoms with van der Waals surface area (Å²) >= 11 is 0. The predicted octanol–water partition coefficient (Wildman–Crippen LogP) is 4.11. The summed E-state index contributed by atoms with van der Waals surface area (Å²) in [5.41, 5.74) is 3.82. The van der Waals surface area contributed by atoms with Crippen LogP contribution in [0.4, 0.5) is 11.4 Å². The Balaban J connectivity index is 1.65. The van der Waals surface area contributed by atoms with E-state index in [1.54, 1.807) is 12.0 Å². The van der Waals surface area contributed by atoms with Crippen LogP contribution in [0.3, 0.4) is 0 Å². The van der Waals surface area contributed by atoms with Crippen LogP contribution in [-0.4, -0.2) is 22.4 Å². The van der Waals surface area contributed by atoms with Crippen molar-refractivity contribution < 1.29 is 9.53 Å². The fourth-order valence-corrected chi connectivity index (χ4v) is 3.56. The van der Waals surface area contributed by atoms with Gasteiger partial charge in [0.15, 0.2) is 6.17 Å². The van der Waals surface area contributed by atoms with E-state index in [1.807, 2.05) is 83.5 Å². The first kappa shape index (κ1) is 16.4. The SMILES string of the molecule is COc1ccc(N2C(=O)c3ccccc3N[C@@H]2c2cn3ccccc3n2)cc1. The predicted molar refractivity (Wildman–Crippen MR) is 108 cm³/mol. The van der Waals surface area contributed by atoms with E-state index in [0.29, 0.717) is 5.56 Å². The van der Waals surface area contributed by atoms with Crippen molar-refractivity contribution in [2.24, 2.45) is 0 Å². The second kappa shape index (κ2) is 6.42. The lowest BCUT2D eigenvalue weighted by Gasteiger charge is -2.37. The zero-order valence-corrected chi connectivity index (χ0v) is 15.2. The summed E-state index contributed by atoms with van der Waals surface area (Å²) in [5.74, 6) is 0.674. The molecule has 0 saturated carbocycles. The van der Waals surface area contributed by atoms with E-state index < -0.39 is 6.17 Å². The third kappa shape index (κ3) is 2.58. The van der Waals surface area contributed by atoms with Gasteiger partial charge in [-0.25, -0.2) is 4.98 Å². The van der Waals surface area contributed by atoms with Crippen molar-refractivity contribution in [2.75, 3.05) is 17.3 Å². The van der Waals surface area contributed by atoms with E-state index in [2.05, 4.69) is 5.32 Å². The lowest BCUT2D eigenvalue weighted by molar-refractivity contribution is 0.0974. The van der Waals surface area contributed by atoms with Gasteiger partial charge in [0.05, 0.1) is 12.7 Å². The molecule has 4 aromatic rings. The number of anilines is 2. The van der Waals surface area contributed by atoms with Crippen LogP contribution in [-0.2, 0) is 0 Å². The molecule has 1 N–H and O–H groups in total. The number of nitrogens with one attached hydrogen (secondary N) is 1. The molecule has 6 nitrogen and oxygen atoms in total. The average molecular weight is 370 g/mol. The number of imidazole rings is 1. The van der Waals surface area contributed by atoms with Gasteiger partial charge in [0.1, 0.15) is 17.1 Å². The van der Waals surface area contributed by atoms with Crippen LogP contribution in [0.5, 0.6) is 5.75 Å². The molecular formula is C22H18N4O2. The van der Waals surface area contributed by atoms with E-state index in [4.69, 9.17) is 9.72 Å². The maximum atomic E-state index is 13.4. The Morgan fingerprint density at radius 2 is 1.79 bits per heavy atom. The molecule has 3 heterocycles. The summed E-state index contributed by atoms with van der Waals surface area (Å²) in [7, 11) is 1.62. The molecule has 0 spiro atoms. The number of para-hydroxylation sites is 1. The van der Waals surface area contributed by atoms with Crippen molar-refractivity contribution in [3.63, 3.8) is 0 Å². The van der Waals surface area contributed by atoms with Gasteiger partial charge in [-0.05, 0) is 48.5 Å². The van der Waals surface area contributed by atoms with Crippen LogP contribution in [0.25, 0.3) is 5.65 Å². The number of nitrogens with zero attached hydrogens (tertiary/aromatic N) is 3. The maximum Gasteiger partial charge on any atom is 0.262 e. The average Bonchev–Trinajstić information content (AvgIpc) is 3.18. The summed E-state index contributed by atoms with van der Waals surface area (Å²) in [4.78, 5) is 19.9. The Morgan fingerprint density at radius 1 is 1.00 bits per heavy atom. The number of methoxy groups -OCH3 is 1. The highest BCUT2D eigenvalue weighted by Crippen LogP contribution is 2.36. The van der Waals surface area contributed by atoms with Crippen LogP contribution in [0.2, 0.25) is 0 Å². The number of carbonyl (C=O) groups excluding carboxylic acids is 1. The zero-order chi connectivity index (χ0) is 19.1. The minimum Gasteiger partial charge on any atom is -0.497 e. The molecule has 0 saturated heterocycles. The van der Waals surface area contributed by atoms with E-state index in [1.165, 1.54) is 0 Å². The van der Waals surface area contributed by atoms with Crippen molar-refractivity contribution in [3.8, 4) is 5.75 Å². The standard InChI is InChI=1S/C22H18N4O2/c1-28-16-11-9-15(10-12-16)26-21(19-14-25-13-5-4-8-20(25)23-19)24-18-7-3-2-6-17(18)22(26)27/h2-14,21,24H,1H3/t21-/m0/s1. The van der Waals surface area contributed by atoms with Gasteiger partial charge in [-0.15, -0.1) is 0 Å². The highest BCUT2D eigenvalue weighted by Gasteiger charge is 2.35. The van der Waals surface area contributed by atoms with Gasteiger partial charge in [-0.2, -0.15) is 0 Å². The molecule has 5 rings (SSSR count). The highest BCUT2D eigenvalue weighted by molar-refractivity contribution is 6.12. The number of rotatable bonds is 3.